The highest BCUT2D eigenvalue weighted by atomic mass is 19.1. The van der Waals surface area contributed by atoms with Crippen molar-refractivity contribution in [3.63, 3.8) is 0 Å². The molecule has 1 fully saturated rings. The van der Waals surface area contributed by atoms with Crippen molar-refractivity contribution in [2.45, 2.75) is 0 Å². The van der Waals surface area contributed by atoms with Gasteiger partial charge in [0.2, 0.25) is 0 Å². The maximum Gasteiger partial charge on any atom is 0.254 e. The number of nitrogens with two attached hydrogens (primary N) is 1. The Hall–Kier alpha value is -3.91. The number of amides is 2. The molecule has 8 heteroatoms. The van der Waals surface area contributed by atoms with Gasteiger partial charge in [-0.25, -0.2) is 4.39 Å². The summed E-state index contributed by atoms with van der Waals surface area (Å²) in [5.41, 5.74) is 9.25. The number of ether oxygens (including phenoxy) is 2. The molecule has 0 spiro atoms. The van der Waals surface area contributed by atoms with E-state index in [9.17, 15) is 14.0 Å². The molecule has 0 atom stereocenters. The number of morpholine rings is 1. The lowest BCUT2D eigenvalue weighted by molar-refractivity contribution is 0.0303. The van der Waals surface area contributed by atoms with Crippen LogP contribution in [-0.2, 0) is 4.74 Å². The van der Waals surface area contributed by atoms with E-state index in [0.29, 0.717) is 54.1 Å². The minimum atomic E-state index is -0.591. The van der Waals surface area contributed by atoms with Crippen LogP contribution in [0.15, 0.2) is 48.5 Å². The second kappa shape index (κ2) is 8.22. The molecule has 1 aliphatic heterocycles. The standard InChI is InChI=1S/C25H22FN3O4/c1-32-22-13-14(3-5-20(22)26)16-10-18-17-4-2-15(25(31)29-6-8-33-9-7-29)12-21(17)28-23(18)19(11-16)24(27)30/h2-5,10-13,28H,6-9H2,1H3,(H2,27,30). The van der Waals surface area contributed by atoms with Crippen LogP contribution in [0, 0.1) is 5.82 Å². The number of H-pyrrole nitrogens is 1. The third-order valence-corrected chi connectivity index (χ3v) is 6.00. The first kappa shape index (κ1) is 21.0. The monoisotopic (exact) mass is 447 g/mol. The summed E-state index contributed by atoms with van der Waals surface area (Å²) in [6.45, 7) is 2.17. The molecule has 33 heavy (non-hydrogen) atoms. The van der Waals surface area contributed by atoms with Gasteiger partial charge in [-0.2, -0.15) is 0 Å². The largest absolute Gasteiger partial charge is 0.494 e. The molecule has 168 valence electrons. The van der Waals surface area contributed by atoms with E-state index in [4.69, 9.17) is 15.2 Å². The van der Waals surface area contributed by atoms with Gasteiger partial charge in [0.25, 0.3) is 11.8 Å². The van der Waals surface area contributed by atoms with Crippen LogP contribution in [0.5, 0.6) is 5.75 Å². The van der Waals surface area contributed by atoms with E-state index >= 15 is 0 Å². The zero-order chi connectivity index (χ0) is 23.1. The summed E-state index contributed by atoms with van der Waals surface area (Å²) < 4.78 is 24.3. The zero-order valence-electron chi connectivity index (χ0n) is 18.0. The third kappa shape index (κ3) is 3.68. The lowest BCUT2D eigenvalue weighted by Crippen LogP contribution is -2.40. The molecule has 7 nitrogen and oxygen atoms in total. The first-order chi connectivity index (χ1) is 16.0. The molecule has 1 aromatic heterocycles. The van der Waals surface area contributed by atoms with Crippen LogP contribution in [-0.4, -0.2) is 55.1 Å². The number of benzene rings is 3. The van der Waals surface area contributed by atoms with Gasteiger partial charge in [-0.05, 0) is 47.5 Å². The fourth-order valence-electron chi connectivity index (χ4n) is 4.29. The van der Waals surface area contributed by atoms with Crippen LogP contribution in [0.3, 0.4) is 0 Å². The van der Waals surface area contributed by atoms with Crippen molar-refractivity contribution in [3.8, 4) is 16.9 Å². The van der Waals surface area contributed by atoms with Crippen LogP contribution in [0.4, 0.5) is 4.39 Å². The molecule has 1 saturated heterocycles. The Bertz CT molecular complexity index is 1410. The van der Waals surface area contributed by atoms with E-state index in [1.807, 2.05) is 12.1 Å². The van der Waals surface area contributed by atoms with Crippen molar-refractivity contribution in [1.82, 2.24) is 9.88 Å². The molecule has 2 amide bonds. The Balaban J connectivity index is 1.65. The fourth-order valence-corrected chi connectivity index (χ4v) is 4.29. The number of hydrogen-bond donors (Lipinski definition) is 2. The third-order valence-electron chi connectivity index (χ3n) is 6.00. The van der Waals surface area contributed by atoms with Gasteiger partial charge in [-0.1, -0.05) is 12.1 Å². The fraction of sp³-hybridized carbons (Fsp3) is 0.200. The highest BCUT2D eigenvalue weighted by molar-refractivity contribution is 6.17. The van der Waals surface area contributed by atoms with Gasteiger partial charge in [-0.3, -0.25) is 9.59 Å². The summed E-state index contributed by atoms with van der Waals surface area (Å²) in [7, 11) is 1.40. The molecule has 0 radical (unpaired) electrons. The molecule has 0 unspecified atom stereocenters. The molecule has 0 saturated carbocycles. The van der Waals surface area contributed by atoms with Crippen molar-refractivity contribution in [3.05, 3.63) is 65.5 Å². The number of halogens is 1. The Morgan fingerprint density at radius 3 is 2.55 bits per heavy atom. The van der Waals surface area contributed by atoms with Gasteiger partial charge in [0.1, 0.15) is 0 Å². The lowest BCUT2D eigenvalue weighted by atomic mass is 9.98. The van der Waals surface area contributed by atoms with E-state index in [1.54, 1.807) is 35.2 Å². The highest BCUT2D eigenvalue weighted by Crippen LogP contribution is 2.35. The number of nitrogens with one attached hydrogen (secondary N) is 1. The number of carbonyl (C=O) groups excluding carboxylic acids is 2. The number of primary amides is 1. The van der Waals surface area contributed by atoms with Crippen molar-refractivity contribution < 1.29 is 23.5 Å². The molecule has 3 aromatic carbocycles. The molecule has 3 N–H and O–H groups in total. The number of aromatic amines is 1. The van der Waals surface area contributed by atoms with Crippen molar-refractivity contribution >= 4 is 33.6 Å². The van der Waals surface area contributed by atoms with E-state index in [1.165, 1.54) is 13.2 Å². The summed E-state index contributed by atoms with van der Waals surface area (Å²) in [5.74, 6) is -1.01. The van der Waals surface area contributed by atoms with Gasteiger partial charge >= 0.3 is 0 Å². The first-order valence-electron chi connectivity index (χ1n) is 10.6. The molecule has 1 aliphatic rings. The minimum Gasteiger partial charge on any atom is -0.494 e. The second-order valence-electron chi connectivity index (χ2n) is 7.95. The smallest absolute Gasteiger partial charge is 0.254 e. The number of rotatable bonds is 4. The first-order valence-corrected chi connectivity index (χ1v) is 10.6. The highest BCUT2D eigenvalue weighted by Gasteiger charge is 2.20. The van der Waals surface area contributed by atoms with Gasteiger partial charge in [-0.15, -0.1) is 0 Å². The van der Waals surface area contributed by atoms with Crippen LogP contribution in [0.1, 0.15) is 20.7 Å². The molecule has 4 aromatic rings. The van der Waals surface area contributed by atoms with E-state index in [0.717, 1.165) is 16.3 Å². The SMILES string of the molecule is COc1cc(-c2cc(C(N)=O)c3[nH]c4cc(C(=O)N5CCOCC5)ccc4c3c2)ccc1F. The van der Waals surface area contributed by atoms with Crippen LogP contribution in [0.2, 0.25) is 0 Å². The predicted octanol–water partition coefficient (Wildman–Crippen LogP) is 3.71. The minimum absolute atomic E-state index is 0.0620. The predicted molar refractivity (Wildman–Crippen MR) is 123 cm³/mol. The summed E-state index contributed by atoms with van der Waals surface area (Å²) >= 11 is 0. The Labute approximate surface area is 188 Å². The van der Waals surface area contributed by atoms with Crippen LogP contribution >= 0.6 is 0 Å². The van der Waals surface area contributed by atoms with Gasteiger partial charge < -0.3 is 25.1 Å². The van der Waals surface area contributed by atoms with Crippen molar-refractivity contribution in [2.24, 2.45) is 5.73 Å². The number of hydrogen-bond acceptors (Lipinski definition) is 4. The molecular formula is C25H22FN3O4. The summed E-state index contributed by atoms with van der Waals surface area (Å²) in [5, 5.41) is 1.63. The Morgan fingerprint density at radius 1 is 1.03 bits per heavy atom. The van der Waals surface area contributed by atoms with E-state index < -0.39 is 11.7 Å². The Kier molecular flexibility index (Phi) is 5.22. The number of carbonyl (C=O) groups is 2. The van der Waals surface area contributed by atoms with E-state index in [2.05, 4.69) is 4.98 Å². The van der Waals surface area contributed by atoms with Crippen molar-refractivity contribution in [2.75, 3.05) is 33.4 Å². The lowest BCUT2D eigenvalue weighted by Gasteiger charge is -2.26. The molecule has 5 rings (SSSR count). The average Bonchev–Trinajstić information content (AvgIpc) is 3.21. The number of fused-ring (bicyclic) bond motifs is 3. The van der Waals surface area contributed by atoms with Gasteiger partial charge in [0, 0.05) is 34.9 Å². The molecular weight excluding hydrogens is 425 g/mol. The number of aromatic nitrogens is 1. The number of nitrogens with zero attached hydrogens (tertiary/aromatic N) is 1. The summed E-state index contributed by atoms with van der Waals surface area (Å²) in [6.07, 6.45) is 0. The van der Waals surface area contributed by atoms with Gasteiger partial charge in [0.15, 0.2) is 11.6 Å². The Morgan fingerprint density at radius 2 is 1.82 bits per heavy atom. The average molecular weight is 447 g/mol. The number of methoxy groups -OCH3 is 1. The van der Waals surface area contributed by atoms with Crippen molar-refractivity contribution in [1.29, 1.82) is 0 Å². The van der Waals surface area contributed by atoms with E-state index in [-0.39, 0.29) is 11.7 Å². The topological polar surface area (TPSA) is 97.7 Å². The maximum absolute atomic E-state index is 13.9. The van der Waals surface area contributed by atoms with Crippen LogP contribution < -0.4 is 10.5 Å². The quantitative estimate of drug-likeness (QED) is 0.498. The second-order valence-corrected chi connectivity index (χ2v) is 7.95. The summed E-state index contributed by atoms with van der Waals surface area (Å²) in [4.78, 5) is 30.2. The summed E-state index contributed by atoms with van der Waals surface area (Å²) in [6, 6.07) is 13.5. The van der Waals surface area contributed by atoms with Crippen LogP contribution in [0.25, 0.3) is 32.9 Å². The maximum atomic E-state index is 13.9. The molecule has 0 aliphatic carbocycles. The zero-order valence-corrected chi connectivity index (χ0v) is 18.0. The molecule has 2 heterocycles. The molecule has 0 bridgehead atoms. The normalized spacial score (nSPS) is 14.1. The van der Waals surface area contributed by atoms with Gasteiger partial charge in [0.05, 0.1) is 31.4 Å².